The molecule has 1 aliphatic rings. The molecule has 1 unspecified atom stereocenters. The van der Waals surface area contributed by atoms with Crippen molar-refractivity contribution in [2.24, 2.45) is 5.73 Å². The van der Waals surface area contributed by atoms with E-state index in [1.165, 1.54) is 0 Å². The number of hydrogen-bond donors (Lipinski definition) is 1. The van der Waals surface area contributed by atoms with Crippen molar-refractivity contribution in [1.82, 2.24) is 0 Å². The van der Waals surface area contributed by atoms with Crippen molar-refractivity contribution in [3.8, 4) is 5.75 Å². The zero-order valence-electron chi connectivity index (χ0n) is 8.68. The van der Waals surface area contributed by atoms with Gasteiger partial charge in [0, 0.05) is 23.0 Å². The van der Waals surface area contributed by atoms with Gasteiger partial charge in [0.15, 0.2) is 0 Å². The quantitative estimate of drug-likeness (QED) is 0.759. The Balaban J connectivity index is 2.55. The number of rotatable bonds is 0. The van der Waals surface area contributed by atoms with Crippen LogP contribution in [0.1, 0.15) is 31.9 Å². The standard InChI is InChI=1S/C11H13Cl2NO/c1-11(2)5-9(14)7-3-6(12)4-8(13)10(7)15-11/h3-4,9H,5,14H2,1-2H3. The predicted molar refractivity (Wildman–Crippen MR) is 62.7 cm³/mol. The summed E-state index contributed by atoms with van der Waals surface area (Å²) in [5, 5.41) is 1.12. The summed E-state index contributed by atoms with van der Waals surface area (Å²) in [6, 6.07) is 3.43. The first-order valence-electron chi connectivity index (χ1n) is 4.82. The molecule has 1 aromatic carbocycles. The molecule has 0 spiro atoms. The van der Waals surface area contributed by atoms with Gasteiger partial charge in [0.25, 0.3) is 0 Å². The first-order valence-corrected chi connectivity index (χ1v) is 5.58. The molecule has 1 atom stereocenters. The number of halogens is 2. The van der Waals surface area contributed by atoms with Crippen LogP contribution < -0.4 is 10.5 Å². The van der Waals surface area contributed by atoms with Crippen molar-refractivity contribution in [1.29, 1.82) is 0 Å². The van der Waals surface area contributed by atoms with Crippen LogP contribution in [0.25, 0.3) is 0 Å². The van der Waals surface area contributed by atoms with Crippen LogP contribution in [0.3, 0.4) is 0 Å². The molecule has 2 N–H and O–H groups in total. The molecule has 4 heteroatoms. The van der Waals surface area contributed by atoms with E-state index >= 15 is 0 Å². The predicted octanol–water partition coefficient (Wildman–Crippen LogP) is 3.55. The topological polar surface area (TPSA) is 35.2 Å². The fourth-order valence-electron chi connectivity index (χ4n) is 1.92. The molecule has 0 fully saturated rings. The Labute approximate surface area is 99.3 Å². The van der Waals surface area contributed by atoms with E-state index < -0.39 is 0 Å². The maximum atomic E-state index is 6.08. The van der Waals surface area contributed by atoms with Crippen LogP contribution in [-0.4, -0.2) is 5.60 Å². The molecule has 0 amide bonds. The lowest BCUT2D eigenvalue weighted by atomic mass is 9.90. The normalized spacial score (nSPS) is 23.1. The van der Waals surface area contributed by atoms with Gasteiger partial charge in [0.1, 0.15) is 11.4 Å². The largest absolute Gasteiger partial charge is 0.486 e. The Morgan fingerprint density at radius 3 is 2.73 bits per heavy atom. The van der Waals surface area contributed by atoms with Crippen LogP contribution in [0, 0.1) is 0 Å². The van der Waals surface area contributed by atoms with E-state index in [0.29, 0.717) is 15.8 Å². The number of ether oxygens (including phenoxy) is 1. The van der Waals surface area contributed by atoms with Gasteiger partial charge in [-0.3, -0.25) is 0 Å². The minimum atomic E-state index is -0.274. The summed E-state index contributed by atoms with van der Waals surface area (Å²) in [5.41, 5.74) is 6.68. The number of nitrogens with two attached hydrogens (primary N) is 1. The average Bonchev–Trinajstić information content (AvgIpc) is 2.06. The minimum Gasteiger partial charge on any atom is -0.486 e. The summed E-state index contributed by atoms with van der Waals surface area (Å²) in [7, 11) is 0. The van der Waals surface area contributed by atoms with E-state index in [1.807, 2.05) is 19.9 Å². The van der Waals surface area contributed by atoms with Crippen molar-refractivity contribution >= 4 is 23.2 Å². The van der Waals surface area contributed by atoms with Crippen molar-refractivity contribution in [2.75, 3.05) is 0 Å². The number of benzene rings is 1. The molecule has 0 radical (unpaired) electrons. The zero-order valence-corrected chi connectivity index (χ0v) is 10.2. The van der Waals surface area contributed by atoms with Crippen LogP contribution in [0.15, 0.2) is 12.1 Å². The van der Waals surface area contributed by atoms with E-state index in [4.69, 9.17) is 33.7 Å². The third kappa shape index (κ3) is 2.07. The summed E-state index contributed by atoms with van der Waals surface area (Å²) < 4.78 is 5.80. The smallest absolute Gasteiger partial charge is 0.143 e. The molecule has 0 aliphatic carbocycles. The van der Waals surface area contributed by atoms with Gasteiger partial charge in [0.2, 0.25) is 0 Å². The van der Waals surface area contributed by atoms with E-state index in [-0.39, 0.29) is 11.6 Å². The highest BCUT2D eigenvalue weighted by atomic mass is 35.5. The van der Waals surface area contributed by atoms with Gasteiger partial charge in [-0.1, -0.05) is 23.2 Å². The van der Waals surface area contributed by atoms with Crippen LogP contribution in [0.2, 0.25) is 10.0 Å². The molecule has 0 bridgehead atoms. The van der Waals surface area contributed by atoms with Crippen LogP contribution in [0.4, 0.5) is 0 Å². The second-order valence-corrected chi connectivity index (χ2v) is 5.32. The fraction of sp³-hybridized carbons (Fsp3) is 0.455. The summed E-state index contributed by atoms with van der Waals surface area (Å²) in [4.78, 5) is 0. The maximum absolute atomic E-state index is 6.08. The Bertz CT molecular complexity index is 404. The van der Waals surface area contributed by atoms with Crippen molar-refractivity contribution in [3.63, 3.8) is 0 Å². The second-order valence-electron chi connectivity index (χ2n) is 4.48. The summed E-state index contributed by atoms with van der Waals surface area (Å²) >= 11 is 12.0. The third-order valence-electron chi connectivity index (χ3n) is 2.53. The Morgan fingerprint density at radius 2 is 2.07 bits per heavy atom. The lowest BCUT2D eigenvalue weighted by molar-refractivity contribution is 0.0730. The molecule has 0 saturated carbocycles. The lowest BCUT2D eigenvalue weighted by Crippen LogP contribution is -2.37. The van der Waals surface area contributed by atoms with Crippen LogP contribution in [-0.2, 0) is 0 Å². The van der Waals surface area contributed by atoms with E-state index in [9.17, 15) is 0 Å². The monoisotopic (exact) mass is 245 g/mol. The van der Waals surface area contributed by atoms with E-state index in [1.54, 1.807) is 6.07 Å². The van der Waals surface area contributed by atoms with Gasteiger partial charge in [0.05, 0.1) is 5.02 Å². The van der Waals surface area contributed by atoms with Crippen molar-refractivity contribution < 1.29 is 4.74 Å². The fourth-order valence-corrected chi connectivity index (χ4v) is 2.47. The van der Waals surface area contributed by atoms with E-state index in [2.05, 4.69) is 0 Å². The van der Waals surface area contributed by atoms with Crippen LogP contribution in [0.5, 0.6) is 5.75 Å². The minimum absolute atomic E-state index is 0.0695. The highest BCUT2D eigenvalue weighted by molar-refractivity contribution is 6.35. The molecule has 1 heterocycles. The molecular formula is C11H13Cl2NO. The average molecular weight is 246 g/mol. The maximum Gasteiger partial charge on any atom is 0.143 e. The molecule has 0 saturated heterocycles. The third-order valence-corrected chi connectivity index (χ3v) is 3.03. The van der Waals surface area contributed by atoms with Crippen molar-refractivity contribution in [2.45, 2.75) is 31.9 Å². The first-order chi connectivity index (χ1) is 6.89. The number of hydrogen-bond acceptors (Lipinski definition) is 2. The van der Waals surface area contributed by atoms with Crippen LogP contribution >= 0.6 is 23.2 Å². The molecule has 82 valence electrons. The summed E-state index contributed by atoms with van der Waals surface area (Å²) in [5.74, 6) is 0.671. The Hall–Kier alpha value is -0.440. The summed E-state index contributed by atoms with van der Waals surface area (Å²) in [6.45, 7) is 4.00. The Kier molecular flexibility index (Phi) is 2.61. The second kappa shape index (κ2) is 3.55. The lowest BCUT2D eigenvalue weighted by Gasteiger charge is -2.36. The SMILES string of the molecule is CC1(C)CC(N)c2cc(Cl)cc(Cl)c2O1. The molecule has 1 aliphatic heterocycles. The van der Waals surface area contributed by atoms with Crippen molar-refractivity contribution in [3.05, 3.63) is 27.7 Å². The van der Waals surface area contributed by atoms with Gasteiger partial charge in [-0.25, -0.2) is 0 Å². The molecular weight excluding hydrogens is 233 g/mol. The number of fused-ring (bicyclic) bond motifs is 1. The molecule has 1 aromatic rings. The van der Waals surface area contributed by atoms with Gasteiger partial charge < -0.3 is 10.5 Å². The van der Waals surface area contributed by atoms with Gasteiger partial charge in [-0.05, 0) is 26.0 Å². The van der Waals surface area contributed by atoms with Gasteiger partial charge >= 0.3 is 0 Å². The van der Waals surface area contributed by atoms with Gasteiger partial charge in [-0.15, -0.1) is 0 Å². The molecule has 0 aromatic heterocycles. The molecule has 15 heavy (non-hydrogen) atoms. The summed E-state index contributed by atoms with van der Waals surface area (Å²) in [6.07, 6.45) is 0.761. The van der Waals surface area contributed by atoms with E-state index in [0.717, 1.165) is 12.0 Å². The zero-order chi connectivity index (χ0) is 11.2. The highest BCUT2D eigenvalue weighted by Gasteiger charge is 2.33. The Morgan fingerprint density at radius 1 is 1.40 bits per heavy atom. The molecule has 2 nitrogen and oxygen atoms in total. The highest BCUT2D eigenvalue weighted by Crippen LogP contribution is 2.43. The first kappa shape index (κ1) is 11.1. The molecule has 2 rings (SSSR count). The van der Waals surface area contributed by atoms with Gasteiger partial charge in [-0.2, -0.15) is 0 Å².